The minimum absolute atomic E-state index is 0. The number of aromatic nitrogens is 2. The Bertz CT molecular complexity index is 1440. The first-order valence-corrected chi connectivity index (χ1v) is 17.4. The molecule has 0 fully saturated rings. The van der Waals surface area contributed by atoms with E-state index >= 15 is 0 Å². The zero-order valence-electron chi connectivity index (χ0n) is 28.7. The van der Waals surface area contributed by atoms with Gasteiger partial charge in [-0.1, -0.05) is 135 Å². The van der Waals surface area contributed by atoms with Crippen LogP contribution in [0, 0.1) is 0 Å². The number of hydrogen-bond donors (Lipinski definition) is 1. The van der Waals surface area contributed by atoms with E-state index < -0.39 is 0 Å². The minimum Gasteiger partial charge on any atom is -1.00 e. The molecule has 4 aromatic rings. The van der Waals surface area contributed by atoms with Gasteiger partial charge in [-0.15, -0.1) is 0 Å². The third kappa shape index (κ3) is 12.2. The molecule has 2 aromatic carbocycles. The number of unbranched alkanes of at least 4 members (excludes halogenated alkanes) is 11. The highest BCUT2D eigenvalue weighted by atomic mass is 79.9. The molecule has 46 heavy (non-hydrogen) atoms. The van der Waals surface area contributed by atoms with Crippen LogP contribution in [0.2, 0.25) is 0 Å². The molecular formula is C40H56BrN3O2. The first-order chi connectivity index (χ1) is 21.8. The monoisotopic (exact) mass is 689 g/mol. The maximum Gasteiger partial charge on any atom is 0.249 e. The molecule has 5 nitrogen and oxygen atoms in total. The zero-order chi connectivity index (χ0) is 31.9. The predicted molar refractivity (Wildman–Crippen MR) is 187 cm³/mol. The smallest absolute Gasteiger partial charge is 0.249 e. The Morgan fingerprint density at radius 2 is 1.48 bits per heavy atom. The highest BCUT2D eigenvalue weighted by molar-refractivity contribution is 5.93. The highest BCUT2D eigenvalue weighted by Gasteiger charge is 2.21. The summed E-state index contributed by atoms with van der Waals surface area (Å²) in [4.78, 5) is 13.2. The SMILES string of the molecule is CCCCCCCCCCCCCCOc1ccc(CC(=O)Nc2ccccc2Cn2cc3cccc[n+]3c2)cc1C(C)(C)C.[Br-]. The fourth-order valence-electron chi connectivity index (χ4n) is 6.01. The molecule has 2 heterocycles. The summed E-state index contributed by atoms with van der Waals surface area (Å²) in [7, 11) is 0. The molecule has 0 saturated carbocycles. The number of carbonyl (C=O) groups is 1. The van der Waals surface area contributed by atoms with E-state index in [2.05, 4.69) is 78.8 Å². The Hall–Kier alpha value is -3.12. The fraction of sp³-hybridized carbons (Fsp3) is 0.500. The lowest BCUT2D eigenvalue weighted by molar-refractivity contribution is -0.512. The highest BCUT2D eigenvalue weighted by Crippen LogP contribution is 2.33. The van der Waals surface area contributed by atoms with Crippen LogP contribution in [0.3, 0.4) is 0 Å². The lowest BCUT2D eigenvalue weighted by Crippen LogP contribution is -3.00. The van der Waals surface area contributed by atoms with E-state index in [0.29, 0.717) is 13.0 Å². The van der Waals surface area contributed by atoms with Gasteiger partial charge < -0.3 is 27.0 Å². The average Bonchev–Trinajstić information content (AvgIpc) is 3.43. The number of benzene rings is 2. The number of fused-ring (bicyclic) bond motifs is 1. The summed E-state index contributed by atoms with van der Waals surface area (Å²) in [5.41, 5.74) is 5.14. The second-order valence-electron chi connectivity index (χ2n) is 13.6. The number of amides is 1. The molecule has 1 amide bonds. The lowest BCUT2D eigenvalue weighted by atomic mass is 9.85. The number of halogens is 1. The largest absolute Gasteiger partial charge is 1.00 e. The van der Waals surface area contributed by atoms with E-state index in [1.807, 2.05) is 42.6 Å². The van der Waals surface area contributed by atoms with Crippen molar-refractivity contribution in [3.05, 3.63) is 96.1 Å². The predicted octanol–water partition coefficient (Wildman–Crippen LogP) is 6.84. The minimum atomic E-state index is -0.0801. The van der Waals surface area contributed by atoms with Crippen LogP contribution in [0.15, 0.2) is 79.4 Å². The number of imidazole rings is 1. The fourth-order valence-corrected chi connectivity index (χ4v) is 6.01. The number of pyridine rings is 1. The van der Waals surface area contributed by atoms with Crippen LogP contribution in [-0.2, 0) is 23.2 Å². The number of para-hydroxylation sites is 1. The van der Waals surface area contributed by atoms with Gasteiger partial charge in [-0.2, -0.15) is 0 Å². The summed E-state index contributed by atoms with van der Waals surface area (Å²) in [6, 6.07) is 20.5. The molecule has 0 aliphatic rings. The molecule has 4 rings (SSSR count). The van der Waals surface area contributed by atoms with Crippen LogP contribution < -0.4 is 31.4 Å². The zero-order valence-corrected chi connectivity index (χ0v) is 30.3. The van der Waals surface area contributed by atoms with E-state index in [0.717, 1.165) is 46.7 Å². The summed E-state index contributed by atoms with van der Waals surface area (Å²) in [5.74, 6) is 0.927. The Kier molecular flexibility index (Phi) is 15.8. The molecule has 0 bridgehead atoms. The van der Waals surface area contributed by atoms with Crippen molar-refractivity contribution in [1.82, 2.24) is 4.57 Å². The summed E-state index contributed by atoms with van der Waals surface area (Å²) in [6.07, 6.45) is 22.6. The number of carbonyl (C=O) groups excluding carboxylic acids is 1. The van der Waals surface area contributed by atoms with Gasteiger partial charge in [-0.3, -0.25) is 4.79 Å². The molecular weight excluding hydrogens is 634 g/mol. The molecule has 6 heteroatoms. The van der Waals surface area contributed by atoms with Crippen molar-refractivity contribution in [2.24, 2.45) is 0 Å². The Balaban J connectivity index is 0.00000576. The second-order valence-corrected chi connectivity index (χ2v) is 13.6. The van der Waals surface area contributed by atoms with Crippen LogP contribution in [0.1, 0.15) is 121 Å². The van der Waals surface area contributed by atoms with E-state index in [1.54, 1.807) is 0 Å². The van der Waals surface area contributed by atoms with Gasteiger partial charge in [0, 0.05) is 11.3 Å². The van der Waals surface area contributed by atoms with Crippen LogP contribution in [0.5, 0.6) is 5.75 Å². The van der Waals surface area contributed by atoms with E-state index in [1.165, 1.54) is 70.6 Å². The van der Waals surface area contributed by atoms with Gasteiger partial charge in [0.2, 0.25) is 12.2 Å². The van der Waals surface area contributed by atoms with Gasteiger partial charge in [0.15, 0.2) is 5.52 Å². The third-order valence-electron chi connectivity index (χ3n) is 8.61. The van der Waals surface area contributed by atoms with Gasteiger partial charge in [0.25, 0.3) is 0 Å². The number of nitrogens with zero attached hydrogens (tertiary/aromatic N) is 2. The third-order valence-corrected chi connectivity index (χ3v) is 8.61. The molecule has 250 valence electrons. The molecule has 0 unspecified atom stereocenters. The van der Waals surface area contributed by atoms with Crippen molar-refractivity contribution in [2.45, 2.75) is 123 Å². The maximum atomic E-state index is 13.2. The Labute approximate surface area is 288 Å². The topological polar surface area (TPSA) is 47.4 Å². The quantitative estimate of drug-likeness (QED) is 0.0866. The number of anilines is 1. The molecule has 0 spiro atoms. The summed E-state index contributed by atoms with van der Waals surface area (Å²) < 4.78 is 10.5. The maximum absolute atomic E-state index is 13.2. The Morgan fingerprint density at radius 1 is 0.826 bits per heavy atom. The van der Waals surface area contributed by atoms with Crippen LogP contribution in [0.25, 0.3) is 5.52 Å². The van der Waals surface area contributed by atoms with E-state index in [-0.39, 0.29) is 28.3 Å². The summed E-state index contributed by atoms with van der Waals surface area (Å²) in [6.45, 7) is 10.3. The van der Waals surface area contributed by atoms with Crippen molar-refractivity contribution >= 4 is 17.1 Å². The van der Waals surface area contributed by atoms with E-state index in [4.69, 9.17) is 4.74 Å². The van der Waals surface area contributed by atoms with Crippen molar-refractivity contribution in [3.8, 4) is 5.75 Å². The van der Waals surface area contributed by atoms with Gasteiger partial charge >= 0.3 is 0 Å². The lowest BCUT2D eigenvalue weighted by Gasteiger charge is -2.24. The Morgan fingerprint density at radius 3 is 2.15 bits per heavy atom. The summed E-state index contributed by atoms with van der Waals surface area (Å²) >= 11 is 0. The standard InChI is InChI=1S/C40H55N3O2.BrH/c1-5-6-7-8-9-10-11-12-13-14-15-20-27-45-38-25-24-33(28-36(38)40(2,3)4)29-39(44)41-37-23-17-16-21-34(37)30-42-31-35-22-18-19-26-43(35)32-42;/h16-19,21-26,28,31-32H,5-15,20,27,29-30H2,1-4H3;1H. The molecule has 2 aromatic heterocycles. The summed E-state index contributed by atoms with van der Waals surface area (Å²) in [5, 5.41) is 3.18. The van der Waals surface area contributed by atoms with Crippen LogP contribution in [-0.4, -0.2) is 17.1 Å². The van der Waals surface area contributed by atoms with Crippen molar-refractivity contribution in [2.75, 3.05) is 11.9 Å². The van der Waals surface area contributed by atoms with Gasteiger partial charge in [0.1, 0.15) is 18.5 Å². The molecule has 1 N–H and O–H groups in total. The van der Waals surface area contributed by atoms with E-state index in [9.17, 15) is 4.79 Å². The van der Waals surface area contributed by atoms with Gasteiger partial charge in [-0.05, 0) is 47.2 Å². The number of ether oxygens (including phenoxy) is 1. The molecule has 0 aliphatic carbocycles. The molecule has 0 radical (unpaired) electrons. The first-order valence-electron chi connectivity index (χ1n) is 17.4. The number of rotatable bonds is 19. The second kappa shape index (κ2) is 19.5. The first kappa shape index (κ1) is 37.3. The van der Waals surface area contributed by atoms with Crippen molar-refractivity contribution < 1.29 is 30.9 Å². The number of hydrogen-bond acceptors (Lipinski definition) is 2. The van der Waals surface area contributed by atoms with Crippen molar-refractivity contribution in [3.63, 3.8) is 0 Å². The van der Waals surface area contributed by atoms with Gasteiger partial charge in [0.05, 0.1) is 19.2 Å². The average molecular weight is 691 g/mol. The van der Waals surface area contributed by atoms with Crippen LogP contribution >= 0.6 is 0 Å². The van der Waals surface area contributed by atoms with Crippen molar-refractivity contribution in [1.29, 1.82) is 0 Å². The van der Waals surface area contributed by atoms with Crippen LogP contribution in [0.4, 0.5) is 5.69 Å². The number of nitrogens with one attached hydrogen (secondary N) is 1. The molecule has 0 saturated heterocycles. The molecule has 0 atom stereocenters. The normalized spacial score (nSPS) is 11.4. The molecule has 0 aliphatic heterocycles. The van der Waals surface area contributed by atoms with Gasteiger partial charge in [-0.25, -0.2) is 8.97 Å².